The third-order valence-corrected chi connectivity index (χ3v) is 2.74. The number of nitrogens with zero attached hydrogens (tertiary/aromatic N) is 3. The van der Waals surface area contributed by atoms with Crippen molar-refractivity contribution in [3.8, 4) is 0 Å². The number of pyridine rings is 1. The van der Waals surface area contributed by atoms with Gasteiger partial charge in [0.15, 0.2) is 0 Å². The smallest absolute Gasteiger partial charge is 0.137 e. The Hall–Kier alpha value is -1.39. The Morgan fingerprint density at radius 2 is 2.06 bits per heavy atom. The zero-order valence-corrected chi connectivity index (χ0v) is 11.5. The number of fused-ring (bicyclic) bond motifs is 1. The molecule has 2 aromatic heterocycles. The summed E-state index contributed by atoms with van der Waals surface area (Å²) in [6, 6.07) is 4.08. The monoisotopic (exact) mass is 247 g/mol. The Balaban J connectivity index is 2.12. The molecule has 1 N–H and O–H groups in total. The summed E-state index contributed by atoms with van der Waals surface area (Å²) < 4.78 is 2.04. The lowest BCUT2D eigenvalue weighted by Gasteiger charge is -2.24. The van der Waals surface area contributed by atoms with Gasteiger partial charge in [-0.1, -0.05) is 6.07 Å². The van der Waals surface area contributed by atoms with Gasteiger partial charge >= 0.3 is 0 Å². The summed E-state index contributed by atoms with van der Waals surface area (Å²) >= 11 is 0. The van der Waals surface area contributed by atoms with Crippen LogP contribution in [-0.2, 0) is 6.54 Å². The van der Waals surface area contributed by atoms with Gasteiger partial charge in [0, 0.05) is 25.5 Å². The van der Waals surface area contributed by atoms with Crippen molar-refractivity contribution in [3.63, 3.8) is 0 Å². The lowest BCUT2D eigenvalue weighted by molar-refractivity contribution is 0.0422. The van der Waals surface area contributed by atoms with Gasteiger partial charge in [-0.3, -0.25) is 4.90 Å². The summed E-state index contributed by atoms with van der Waals surface area (Å²) in [5, 5.41) is 9.77. The van der Waals surface area contributed by atoms with Gasteiger partial charge in [0.25, 0.3) is 0 Å². The van der Waals surface area contributed by atoms with E-state index in [1.165, 1.54) is 5.56 Å². The van der Waals surface area contributed by atoms with Crippen molar-refractivity contribution in [1.29, 1.82) is 0 Å². The molecule has 0 spiro atoms. The lowest BCUT2D eigenvalue weighted by Crippen LogP contribution is -2.35. The molecule has 0 saturated heterocycles. The van der Waals surface area contributed by atoms with Crippen molar-refractivity contribution < 1.29 is 5.11 Å². The van der Waals surface area contributed by atoms with Gasteiger partial charge in [0.05, 0.1) is 11.3 Å². The second kappa shape index (κ2) is 4.71. The van der Waals surface area contributed by atoms with Gasteiger partial charge in [-0.2, -0.15) is 0 Å². The number of likely N-dealkylation sites (N-methyl/N-ethyl adjacent to an activating group) is 1. The standard InChI is InChI=1S/C14H21N3O/c1-11-5-6-13-15-12(9-17(13)7-11)8-16(4)10-14(2,3)18/h5-7,9,18H,8,10H2,1-4H3. The SMILES string of the molecule is Cc1ccc2nc(CN(C)CC(C)(C)O)cn2c1. The average Bonchev–Trinajstić information content (AvgIpc) is 2.55. The van der Waals surface area contributed by atoms with E-state index in [2.05, 4.69) is 29.1 Å². The van der Waals surface area contributed by atoms with Crippen molar-refractivity contribution in [2.75, 3.05) is 13.6 Å². The highest BCUT2D eigenvalue weighted by Gasteiger charge is 2.16. The Labute approximate surface area is 108 Å². The predicted molar refractivity (Wildman–Crippen MR) is 72.6 cm³/mol. The molecule has 2 rings (SSSR count). The fourth-order valence-corrected chi connectivity index (χ4v) is 2.22. The predicted octanol–water partition coefficient (Wildman–Crippen LogP) is 1.85. The van der Waals surface area contributed by atoms with Crippen LogP contribution in [0.1, 0.15) is 25.1 Å². The van der Waals surface area contributed by atoms with Crippen LogP contribution in [0.4, 0.5) is 0 Å². The summed E-state index contributed by atoms with van der Waals surface area (Å²) in [5.41, 5.74) is 2.53. The topological polar surface area (TPSA) is 40.8 Å². The van der Waals surface area contributed by atoms with E-state index in [4.69, 9.17) is 0 Å². The summed E-state index contributed by atoms with van der Waals surface area (Å²) in [4.78, 5) is 6.64. The van der Waals surface area contributed by atoms with E-state index in [1.807, 2.05) is 37.6 Å². The van der Waals surface area contributed by atoms with Crippen molar-refractivity contribution in [2.45, 2.75) is 32.9 Å². The second-order valence-electron chi connectivity index (χ2n) is 5.69. The molecule has 0 saturated carbocycles. The van der Waals surface area contributed by atoms with E-state index in [1.54, 1.807) is 0 Å². The molecular formula is C14H21N3O. The third-order valence-electron chi connectivity index (χ3n) is 2.74. The van der Waals surface area contributed by atoms with Crippen molar-refractivity contribution in [2.24, 2.45) is 0 Å². The van der Waals surface area contributed by atoms with Crippen LogP contribution in [0.5, 0.6) is 0 Å². The van der Waals surface area contributed by atoms with Crippen LogP contribution >= 0.6 is 0 Å². The van der Waals surface area contributed by atoms with Crippen LogP contribution in [0.3, 0.4) is 0 Å². The number of hydrogen-bond acceptors (Lipinski definition) is 3. The minimum absolute atomic E-state index is 0.625. The molecule has 4 nitrogen and oxygen atoms in total. The van der Waals surface area contributed by atoms with Crippen LogP contribution in [0.2, 0.25) is 0 Å². The molecule has 0 radical (unpaired) electrons. The molecule has 2 heterocycles. The first-order valence-electron chi connectivity index (χ1n) is 6.19. The molecule has 0 amide bonds. The number of aliphatic hydroxyl groups is 1. The molecule has 0 unspecified atom stereocenters. The van der Waals surface area contributed by atoms with E-state index in [0.717, 1.165) is 17.9 Å². The Morgan fingerprint density at radius 3 is 2.72 bits per heavy atom. The summed E-state index contributed by atoms with van der Waals surface area (Å²) in [5.74, 6) is 0. The van der Waals surface area contributed by atoms with Crippen LogP contribution in [0.25, 0.3) is 5.65 Å². The molecule has 0 atom stereocenters. The van der Waals surface area contributed by atoms with Crippen LogP contribution in [0.15, 0.2) is 24.5 Å². The highest BCUT2D eigenvalue weighted by atomic mass is 16.3. The maximum atomic E-state index is 9.77. The van der Waals surface area contributed by atoms with Crippen molar-refractivity contribution in [3.05, 3.63) is 35.8 Å². The Bertz CT molecular complexity index is 539. The maximum Gasteiger partial charge on any atom is 0.137 e. The molecule has 2 aromatic rings. The van der Waals surface area contributed by atoms with Crippen LogP contribution in [-0.4, -0.2) is 38.6 Å². The number of hydrogen-bond donors (Lipinski definition) is 1. The van der Waals surface area contributed by atoms with E-state index in [-0.39, 0.29) is 0 Å². The molecule has 4 heteroatoms. The second-order valence-corrected chi connectivity index (χ2v) is 5.69. The lowest BCUT2D eigenvalue weighted by atomic mass is 10.1. The normalized spacial score (nSPS) is 12.6. The van der Waals surface area contributed by atoms with Crippen LogP contribution < -0.4 is 0 Å². The fraction of sp³-hybridized carbons (Fsp3) is 0.500. The first-order valence-corrected chi connectivity index (χ1v) is 6.19. The molecule has 0 fully saturated rings. The van der Waals surface area contributed by atoms with Crippen molar-refractivity contribution in [1.82, 2.24) is 14.3 Å². The first kappa shape index (κ1) is 13.1. The summed E-state index contributed by atoms with van der Waals surface area (Å²) in [6.07, 6.45) is 4.12. The Kier molecular flexibility index (Phi) is 3.41. The number of aromatic nitrogens is 2. The van der Waals surface area contributed by atoms with Gasteiger partial charge in [0.2, 0.25) is 0 Å². The molecule has 0 aliphatic rings. The molecule has 98 valence electrons. The van der Waals surface area contributed by atoms with Gasteiger partial charge in [-0.25, -0.2) is 4.98 Å². The largest absolute Gasteiger partial charge is 0.389 e. The first-order chi connectivity index (χ1) is 8.33. The van der Waals surface area contributed by atoms with E-state index in [9.17, 15) is 5.11 Å². The van der Waals surface area contributed by atoms with E-state index >= 15 is 0 Å². The molecule has 0 bridgehead atoms. The zero-order chi connectivity index (χ0) is 13.3. The summed E-state index contributed by atoms with van der Waals surface area (Å²) in [7, 11) is 1.99. The number of aryl methyl sites for hydroxylation is 1. The quantitative estimate of drug-likeness (QED) is 0.896. The average molecular weight is 247 g/mol. The highest BCUT2D eigenvalue weighted by molar-refractivity contribution is 5.41. The summed E-state index contributed by atoms with van der Waals surface area (Å²) in [6.45, 7) is 7.07. The van der Waals surface area contributed by atoms with Crippen LogP contribution in [0, 0.1) is 6.92 Å². The molecule has 0 aliphatic heterocycles. The van der Waals surface area contributed by atoms with E-state index < -0.39 is 5.60 Å². The molecule has 0 aliphatic carbocycles. The van der Waals surface area contributed by atoms with Gasteiger partial charge in [-0.15, -0.1) is 0 Å². The van der Waals surface area contributed by atoms with Crippen molar-refractivity contribution >= 4 is 5.65 Å². The third kappa shape index (κ3) is 3.31. The van der Waals surface area contributed by atoms with E-state index in [0.29, 0.717) is 6.54 Å². The molecule has 0 aromatic carbocycles. The minimum Gasteiger partial charge on any atom is -0.389 e. The minimum atomic E-state index is -0.676. The van der Waals surface area contributed by atoms with Gasteiger partial charge < -0.3 is 9.51 Å². The highest BCUT2D eigenvalue weighted by Crippen LogP contribution is 2.10. The molecular weight excluding hydrogens is 226 g/mol. The maximum absolute atomic E-state index is 9.77. The zero-order valence-electron chi connectivity index (χ0n) is 11.5. The van der Waals surface area contributed by atoms with Gasteiger partial charge in [-0.05, 0) is 39.4 Å². The molecule has 18 heavy (non-hydrogen) atoms. The number of imidazole rings is 1. The fourth-order valence-electron chi connectivity index (χ4n) is 2.22. The number of rotatable bonds is 4. The Morgan fingerprint density at radius 1 is 1.33 bits per heavy atom. The van der Waals surface area contributed by atoms with Gasteiger partial charge in [0.1, 0.15) is 5.65 Å².